The third kappa shape index (κ3) is 6.86. The topological polar surface area (TPSA) is 95.9 Å². The first kappa shape index (κ1) is 18.9. The van der Waals surface area contributed by atoms with Crippen LogP contribution in [0.25, 0.3) is 0 Å². The molecule has 0 aliphatic heterocycles. The van der Waals surface area contributed by atoms with Crippen molar-refractivity contribution < 1.29 is 24.5 Å². The predicted molar refractivity (Wildman–Crippen MR) is 75.3 cm³/mol. The van der Waals surface area contributed by atoms with Gasteiger partial charge in [0.05, 0.1) is 12.6 Å². The molecule has 0 heterocycles. The van der Waals surface area contributed by atoms with Crippen LogP contribution in [0.1, 0.15) is 48.0 Å². The molecule has 1 unspecified atom stereocenters. The standard InChI is InChI=1S/C14H27NO5/c1-9(2)7-10(11(17)14(6,19)8-16)15-12(18)20-13(3,4)5/h9-10,16,19H,7-8H2,1-6H3,(H,15,18)/t10?,14-/m1/s1. The molecule has 6 nitrogen and oxygen atoms in total. The first-order chi connectivity index (χ1) is 8.89. The average molecular weight is 289 g/mol. The van der Waals surface area contributed by atoms with E-state index in [0.717, 1.165) is 0 Å². The fourth-order valence-electron chi connectivity index (χ4n) is 1.61. The van der Waals surface area contributed by atoms with Crippen LogP contribution in [-0.4, -0.2) is 45.9 Å². The SMILES string of the molecule is CC(C)CC(NC(=O)OC(C)(C)C)C(=O)[C@](C)(O)CO. The van der Waals surface area contributed by atoms with E-state index >= 15 is 0 Å². The lowest BCUT2D eigenvalue weighted by molar-refractivity contribution is -0.142. The van der Waals surface area contributed by atoms with Crippen molar-refractivity contribution >= 4 is 11.9 Å². The van der Waals surface area contributed by atoms with Gasteiger partial charge in [0.15, 0.2) is 5.78 Å². The van der Waals surface area contributed by atoms with Crippen LogP contribution in [0.15, 0.2) is 0 Å². The van der Waals surface area contributed by atoms with Gasteiger partial charge in [-0.1, -0.05) is 13.8 Å². The van der Waals surface area contributed by atoms with Crippen LogP contribution in [0.5, 0.6) is 0 Å². The predicted octanol–water partition coefficient (Wildman–Crippen LogP) is 1.24. The van der Waals surface area contributed by atoms with Crippen LogP contribution in [0, 0.1) is 5.92 Å². The van der Waals surface area contributed by atoms with Gasteiger partial charge < -0.3 is 20.3 Å². The van der Waals surface area contributed by atoms with Gasteiger partial charge in [-0.3, -0.25) is 4.79 Å². The van der Waals surface area contributed by atoms with Crippen molar-refractivity contribution in [2.24, 2.45) is 5.92 Å². The van der Waals surface area contributed by atoms with E-state index in [2.05, 4.69) is 5.32 Å². The summed E-state index contributed by atoms with van der Waals surface area (Å²) in [5.41, 5.74) is -2.55. The molecule has 20 heavy (non-hydrogen) atoms. The minimum atomic E-state index is -1.88. The molecule has 0 saturated carbocycles. The fourth-order valence-corrected chi connectivity index (χ4v) is 1.61. The number of ether oxygens (including phenoxy) is 1. The van der Waals surface area contributed by atoms with Crippen molar-refractivity contribution in [1.29, 1.82) is 0 Å². The molecular weight excluding hydrogens is 262 g/mol. The highest BCUT2D eigenvalue weighted by Crippen LogP contribution is 2.15. The van der Waals surface area contributed by atoms with Crippen LogP contribution in [0.3, 0.4) is 0 Å². The van der Waals surface area contributed by atoms with E-state index in [-0.39, 0.29) is 5.92 Å². The molecule has 0 fully saturated rings. The van der Waals surface area contributed by atoms with E-state index in [1.54, 1.807) is 20.8 Å². The second-order valence-electron chi connectivity index (χ2n) is 6.62. The summed E-state index contributed by atoms with van der Waals surface area (Å²) in [5.74, 6) is -0.493. The van der Waals surface area contributed by atoms with Crippen LogP contribution < -0.4 is 5.32 Å². The fraction of sp³-hybridized carbons (Fsp3) is 0.857. The van der Waals surface area contributed by atoms with Crippen molar-refractivity contribution in [3.63, 3.8) is 0 Å². The minimum absolute atomic E-state index is 0.133. The molecule has 0 aliphatic carbocycles. The molecule has 2 atom stereocenters. The molecule has 0 aromatic carbocycles. The summed E-state index contributed by atoms with van der Waals surface area (Å²) in [7, 11) is 0. The van der Waals surface area contributed by atoms with Crippen molar-refractivity contribution in [2.45, 2.75) is 65.2 Å². The monoisotopic (exact) mass is 289 g/mol. The van der Waals surface area contributed by atoms with Gasteiger partial charge in [-0.15, -0.1) is 0 Å². The Hall–Kier alpha value is -1.14. The molecule has 0 saturated heterocycles. The number of amides is 1. The zero-order valence-corrected chi connectivity index (χ0v) is 13.2. The lowest BCUT2D eigenvalue weighted by atomic mass is 9.90. The van der Waals surface area contributed by atoms with E-state index in [0.29, 0.717) is 6.42 Å². The highest BCUT2D eigenvalue weighted by Gasteiger charge is 2.37. The first-order valence-electron chi connectivity index (χ1n) is 6.76. The van der Waals surface area contributed by atoms with E-state index in [1.807, 2.05) is 13.8 Å². The van der Waals surface area contributed by atoms with E-state index in [4.69, 9.17) is 9.84 Å². The van der Waals surface area contributed by atoms with Gasteiger partial charge in [-0.25, -0.2) is 4.79 Å². The van der Waals surface area contributed by atoms with Crippen LogP contribution in [0.4, 0.5) is 4.79 Å². The first-order valence-corrected chi connectivity index (χ1v) is 6.76. The maximum Gasteiger partial charge on any atom is 0.408 e. The number of hydrogen-bond donors (Lipinski definition) is 3. The van der Waals surface area contributed by atoms with Gasteiger partial charge in [-0.2, -0.15) is 0 Å². The summed E-state index contributed by atoms with van der Waals surface area (Å²) in [6, 6.07) is -0.896. The Morgan fingerprint density at radius 2 is 1.70 bits per heavy atom. The van der Waals surface area contributed by atoms with E-state index < -0.39 is 35.7 Å². The van der Waals surface area contributed by atoms with Crippen LogP contribution in [0.2, 0.25) is 0 Å². The highest BCUT2D eigenvalue weighted by atomic mass is 16.6. The summed E-state index contributed by atoms with van der Waals surface area (Å²) in [6.45, 7) is 9.46. The largest absolute Gasteiger partial charge is 0.444 e. The van der Waals surface area contributed by atoms with Gasteiger partial charge in [0.1, 0.15) is 11.2 Å². The van der Waals surface area contributed by atoms with Gasteiger partial charge >= 0.3 is 6.09 Å². The summed E-state index contributed by atoms with van der Waals surface area (Å²) in [5, 5.41) is 21.3. The molecule has 0 bridgehead atoms. The van der Waals surface area contributed by atoms with Crippen molar-refractivity contribution in [3.8, 4) is 0 Å². The van der Waals surface area contributed by atoms with E-state index in [9.17, 15) is 14.7 Å². The third-order valence-electron chi connectivity index (χ3n) is 2.55. The summed E-state index contributed by atoms with van der Waals surface area (Å²) >= 11 is 0. The molecule has 6 heteroatoms. The number of carbonyl (C=O) groups excluding carboxylic acids is 2. The highest BCUT2D eigenvalue weighted by molar-refractivity contribution is 5.93. The van der Waals surface area contributed by atoms with Crippen molar-refractivity contribution in [3.05, 3.63) is 0 Å². The number of hydrogen-bond acceptors (Lipinski definition) is 5. The number of carbonyl (C=O) groups is 2. The van der Waals surface area contributed by atoms with Crippen LogP contribution >= 0.6 is 0 Å². The number of Topliss-reactive ketones (excluding diaryl/α,β-unsaturated/α-hetero) is 1. The molecule has 0 rings (SSSR count). The molecular formula is C14H27NO5. The number of alkyl carbamates (subject to hydrolysis) is 1. The van der Waals surface area contributed by atoms with Gasteiger partial charge in [-0.05, 0) is 40.0 Å². The zero-order chi connectivity index (χ0) is 16.1. The van der Waals surface area contributed by atoms with Crippen molar-refractivity contribution in [2.75, 3.05) is 6.61 Å². The molecule has 1 amide bonds. The smallest absolute Gasteiger partial charge is 0.408 e. The van der Waals surface area contributed by atoms with Crippen molar-refractivity contribution in [1.82, 2.24) is 5.32 Å². The molecule has 0 radical (unpaired) electrons. The average Bonchev–Trinajstić information content (AvgIpc) is 2.23. The second-order valence-corrected chi connectivity index (χ2v) is 6.62. The Morgan fingerprint density at radius 1 is 1.20 bits per heavy atom. The Balaban J connectivity index is 4.91. The number of aliphatic hydroxyl groups is 2. The van der Waals surface area contributed by atoms with Gasteiger partial charge in [0, 0.05) is 0 Å². The number of aliphatic hydroxyl groups excluding tert-OH is 1. The lowest BCUT2D eigenvalue weighted by Gasteiger charge is -2.28. The van der Waals surface area contributed by atoms with E-state index in [1.165, 1.54) is 6.92 Å². The zero-order valence-electron chi connectivity index (χ0n) is 13.2. The maximum absolute atomic E-state index is 12.2. The molecule has 3 N–H and O–H groups in total. The van der Waals surface area contributed by atoms with Crippen LogP contribution in [-0.2, 0) is 9.53 Å². The Bertz CT molecular complexity index is 344. The summed E-state index contributed by atoms with van der Waals surface area (Å²) in [6.07, 6.45) is -0.362. The molecule has 118 valence electrons. The molecule has 0 spiro atoms. The quantitative estimate of drug-likeness (QED) is 0.683. The number of nitrogens with one attached hydrogen (secondary N) is 1. The molecule has 0 aromatic rings. The Labute approximate surface area is 120 Å². The number of rotatable bonds is 6. The third-order valence-corrected chi connectivity index (χ3v) is 2.55. The van der Waals surface area contributed by atoms with Gasteiger partial charge in [0.2, 0.25) is 0 Å². The molecule has 0 aromatic heterocycles. The normalized spacial score (nSPS) is 16.4. The number of ketones is 1. The second kappa shape index (κ2) is 7.04. The maximum atomic E-state index is 12.2. The lowest BCUT2D eigenvalue weighted by Crippen LogP contribution is -2.53. The Kier molecular flexibility index (Phi) is 6.64. The Morgan fingerprint density at radius 3 is 2.05 bits per heavy atom. The molecule has 0 aliphatic rings. The van der Waals surface area contributed by atoms with Gasteiger partial charge in [0.25, 0.3) is 0 Å². The minimum Gasteiger partial charge on any atom is -0.444 e. The summed E-state index contributed by atoms with van der Waals surface area (Å²) < 4.78 is 5.10. The summed E-state index contributed by atoms with van der Waals surface area (Å²) in [4.78, 5) is 23.9.